The minimum Gasteiger partial charge on any atom is -0.505 e. The number of rotatable bonds is 3. The first-order valence-corrected chi connectivity index (χ1v) is 6.30. The van der Waals surface area contributed by atoms with Crippen LogP contribution in [-0.4, -0.2) is 5.11 Å². The van der Waals surface area contributed by atoms with Crippen molar-refractivity contribution in [2.24, 2.45) is 0 Å². The third-order valence-corrected chi connectivity index (χ3v) is 3.28. The van der Waals surface area contributed by atoms with Crippen molar-refractivity contribution in [3.05, 3.63) is 57.6 Å². The monoisotopic (exact) mass is 281 g/mol. The molecule has 0 atom stereocenters. The van der Waals surface area contributed by atoms with Gasteiger partial charge in [0, 0.05) is 12.2 Å². The molecule has 0 radical (unpaired) electrons. The fraction of sp³-hybridized carbons (Fsp3) is 0.143. The Morgan fingerprint density at radius 1 is 1.11 bits per heavy atom. The van der Waals surface area contributed by atoms with Gasteiger partial charge in [0.2, 0.25) is 0 Å². The second kappa shape index (κ2) is 5.51. The average Bonchev–Trinajstić information content (AvgIpc) is 2.35. The molecular weight excluding hydrogens is 269 g/mol. The largest absolute Gasteiger partial charge is 0.505 e. The van der Waals surface area contributed by atoms with Crippen molar-refractivity contribution >= 4 is 28.9 Å². The van der Waals surface area contributed by atoms with Gasteiger partial charge in [-0.2, -0.15) is 0 Å². The number of nitrogens with one attached hydrogen (secondary N) is 1. The number of para-hydroxylation sites is 1. The van der Waals surface area contributed by atoms with Gasteiger partial charge in [-0.1, -0.05) is 41.4 Å². The van der Waals surface area contributed by atoms with Gasteiger partial charge in [-0.25, -0.2) is 0 Å². The number of phenolic OH excluding ortho intramolecular Hbond substituents is 1. The molecule has 0 saturated heterocycles. The topological polar surface area (TPSA) is 32.3 Å². The summed E-state index contributed by atoms with van der Waals surface area (Å²) in [4.78, 5) is 0. The van der Waals surface area contributed by atoms with Crippen LogP contribution in [-0.2, 0) is 6.54 Å². The highest BCUT2D eigenvalue weighted by molar-refractivity contribution is 6.37. The number of hydrogen-bond acceptors (Lipinski definition) is 2. The van der Waals surface area contributed by atoms with Crippen LogP contribution >= 0.6 is 23.2 Å². The SMILES string of the molecule is Cc1ccccc1NCc1cc(Cl)c(O)c(Cl)c1. The maximum absolute atomic E-state index is 9.48. The van der Waals surface area contributed by atoms with E-state index in [2.05, 4.69) is 5.32 Å². The molecule has 94 valence electrons. The smallest absolute Gasteiger partial charge is 0.152 e. The molecule has 0 amide bonds. The zero-order chi connectivity index (χ0) is 13.1. The summed E-state index contributed by atoms with van der Waals surface area (Å²) in [5.74, 6) is -0.0713. The van der Waals surface area contributed by atoms with Gasteiger partial charge < -0.3 is 10.4 Å². The van der Waals surface area contributed by atoms with E-state index < -0.39 is 0 Å². The number of halogens is 2. The standard InChI is InChI=1S/C14H13Cl2NO/c1-9-4-2-3-5-13(9)17-8-10-6-11(15)14(18)12(16)7-10/h2-7,17-18H,8H2,1H3. The molecule has 0 aliphatic carbocycles. The fourth-order valence-electron chi connectivity index (χ4n) is 1.69. The molecule has 0 spiro atoms. The van der Waals surface area contributed by atoms with E-state index in [-0.39, 0.29) is 15.8 Å². The molecular formula is C14H13Cl2NO. The van der Waals surface area contributed by atoms with Gasteiger partial charge in [0.15, 0.2) is 5.75 Å². The molecule has 2 nitrogen and oxygen atoms in total. The summed E-state index contributed by atoms with van der Waals surface area (Å²) in [5.41, 5.74) is 3.16. The average molecular weight is 282 g/mol. The lowest BCUT2D eigenvalue weighted by molar-refractivity contribution is 0.475. The highest BCUT2D eigenvalue weighted by Crippen LogP contribution is 2.32. The Hall–Kier alpha value is -1.38. The van der Waals surface area contributed by atoms with Crippen LogP contribution in [0.25, 0.3) is 0 Å². The van der Waals surface area contributed by atoms with Crippen molar-refractivity contribution in [2.75, 3.05) is 5.32 Å². The van der Waals surface area contributed by atoms with Crippen molar-refractivity contribution in [1.82, 2.24) is 0 Å². The zero-order valence-electron chi connectivity index (χ0n) is 9.87. The van der Waals surface area contributed by atoms with Gasteiger partial charge >= 0.3 is 0 Å². The van der Waals surface area contributed by atoms with E-state index >= 15 is 0 Å². The van der Waals surface area contributed by atoms with Crippen LogP contribution in [0.5, 0.6) is 5.75 Å². The fourth-order valence-corrected chi connectivity index (χ4v) is 2.22. The van der Waals surface area contributed by atoms with Crippen molar-refractivity contribution in [1.29, 1.82) is 0 Å². The number of benzene rings is 2. The van der Waals surface area contributed by atoms with Crippen molar-refractivity contribution < 1.29 is 5.11 Å². The highest BCUT2D eigenvalue weighted by atomic mass is 35.5. The van der Waals surface area contributed by atoms with E-state index in [4.69, 9.17) is 23.2 Å². The molecule has 0 unspecified atom stereocenters. The highest BCUT2D eigenvalue weighted by Gasteiger charge is 2.06. The Balaban J connectivity index is 2.14. The predicted octanol–water partition coefficient (Wildman–Crippen LogP) is 4.62. The molecule has 0 fully saturated rings. The Morgan fingerprint density at radius 3 is 2.33 bits per heavy atom. The molecule has 0 bridgehead atoms. The predicted molar refractivity (Wildman–Crippen MR) is 76.6 cm³/mol. The summed E-state index contributed by atoms with van der Waals surface area (Å²) < 4.78 is 0. The van der Waals surface area contributed by atoms with Crippen LogP contribution in [0.1, 0.15) is 11.1 Å². The molecule has 2 N–H and O–H groups in total. The summed E-state index contributed by atoms with van der Waals surface area (Å²) in [6.07, 6.45) is 0. The molecule has 2 rings (SSSR count). The minimum absolute atomic E-state index is 0.0713. The first kappa shape index (κ1) is 13.1. The van der Waals surface area contributed by atoms with E-state index in [1.807, 2.05) is 31.2 Å². The molecule has 0 aromatic heterocycles. The number of hydrogen-bond donors (Lipinski definition) is 2. The Labute approximate surface area is 116 Å². The summed E-state index contributed by atoms with van der Waals surface area (Å²) in [7, 11) is 0. The van der Waals surface area contributed by atoms with E-state index in [0.29, 0.717) is 6.54 Å². The third-order valence-electron chi connectivity index (χ3n) is 2.70. The molecule has 0 aliphatic heterocycles. The summed E-state index contributed by atoms with van der Waals surface area (Å²) in [5, 5.41) is 13.3. The third kappa shape index (κ3) is 2.89. The summed E-state index contributed by atoms with van der Waals surface area (Å²) in [6, 6.07) is 11.4. The molecule has 2 aromatic carbocycles. The van der Waals surface area contributed by atoms with E-state index in [1.165, 1.54) is 5.56 Å². The number of phenols is 1. The van der Waals surface area contributed by atoms with Gasteiger partial charge in [0.1, 0.15) is 0 Å². The first-order chi connectivity index (χ1) is 8.58. The normalized spacial score (nSPS) is 10.4. The quantitative estimate of drug-likeness (QED) is 0.861. The van der Waals surface area contributed by atoms with Crippen LogP contribution in [0.3, 0.4) is 0 Å². The minimum atomic E-state index is -0.0713. The second-order valence-corrected chi connectivity index (χ2v) is 4.89. The number of aryl methyl sites for hydroxylation is 1. The Morgan fingerprint density at radius 2 is 1.72 bits per heavy atom. The Bertz CT molecular complexity index is 546. The number of aromatic hydroxyl groups is 1. The molecule has 0 aliphatic rings. The van der Waals surface area contributed by atoms with Crippen LogP contribution in [0.15, 0.2) is 36.4 Å². The molecule has 4 heteroatoms. The maximum Gasteiger partial charge on any atom is 0.152 e. The van der Waals surface area contributed by atoms with E-state index in [0.717, 1.165) is 11.3 Å². The van der Waals surface area contributed by atoms with Crippen LogP contribution < -0.4 is 5.32 Å². The molecule has 0 saturated carbocycles. The van der Waals surface area contributed by atoms with Crippen LogP contribution in [0.2, 0.25) is 10.0 Å². The summed E-state index contributed by atoms with van der Waals surface area (Å²) in [6.45, 7) is 2.64. The van der Waals surface area contributed by atoms with Crippen molar-refractivity contribution in [3.8, 4) is 5.75 Å². The summed E-state index contributed by atoms with van der Waals surface area (Å²) >= 11 is 11.7. The maximum atomic E-state index is 9.48. The number of anilines is 1. The van der Waals surface area contributed by atoms with Crippen molar-refractivity contribution in [3.63, 3.8) is 0 Å². The van der Waals surface area contributed by atoms with Gasteiger partial charge in [-0.15, -0.1) is 0 Å². The Kier molecular flexibility index (Phi) is 4.00. The van der Waals surface area contributed by atoms with E-state index in [1.54, 1.807) is 12.1 Å². The zero-order valence-corrected chi connectivity index (χ0v) is 11.4. The second-order valence-electron chi connectivity index (χ2n) is 4.08. The molecule has 18 heavy (non-hydrogen) atoms. The lowest BCUT2D eigenvalue weighted by atomic mass is 10.1. The lowest BCUT2D eigenvalue weighted by Crippen LogP contribution is -2.00. The van der Waals surface area contributed by atoms with Crippen molar-refractivity contribution in [2.45, 2.75) is 13.5 Å². The molecule has 2 aromatic rings. The lowest BCUT2D eigenvalue weighted by Gasteiger charge is -2.10. The van der Waals surface area contributed by atoms with Gasteiger partial charge in [-0.05, 0) is 36.2 Å². The van der Waals surface area contributed by atoms with Gasteiger partial charge in [0.25, 0.3) is 0 Å². The van der Waals surface area contributed by atoms with E-state index in [9.17, 15) is 5.11 Å². The molecule has 0 heterocycles. The first-order valence-electron chi connectivity index (χ1n) is 5.54. The van der Waals surface area contributed by atoms with Gasteiger partial charge in [0.05, 0.1) is 10.0 Å². The van der Waals surface area contributed by atoms with Crippen LogP contribution in [0.4, 0.5) is 5.69 Å². The van der Waals surface area contributed by atoms with Gasteiger partial charge in [-0.3, -0.25) is 0 Å². The van der Waals surface area contributed by atoms with Crippen LogP contribution in [0, 0.1) is 6.92 Å².